The Labute approximate surface area is 171 Å². The predicted octanol–water partition coefficient (Wildman–Crippen LogP) is 5.98. The van der Waals surface area contributed by atoms with Crippen molar-refractivity contribution in [3.05, 3.63) is 58.4 Å². The van der Waals surface area contributed by atoms with Crippen LogP contribution in [0.1, 0.15) is 19.3 Å². The molecule has 0 aliphatic heterocycles. The minimum atomic E-state index is -0.0321. The van der Waals surface area contributed by atoms with E-state index in [-0.39, 0.29) is 5.91 Å². The van der Waals surface area contributed by atoms with Crippen molar-refractivity contribution in [3.8, 4) is 16.2 Å². The zero-order valence-corrected chi connectivity index (χ0v) is 17.1. The van der Waals surface area contributed by atoms with Gasteiger partial charge in [0, 0.05) is 11.3 Å². The number of nitrogen functional groups attached to an aromatic ring is 1. The highest BCUT2D eigenvalue weighted by molar-refractivity contribution is 7.80. The summed E-state index contributed by atoms with van der Waals surface area (Å²) < 4.78 is 6.67. The van der Waals surface area contributed by atoms with Crippen molar-refractivity contribution in [2.75, 3.05) is 17.7 Å². The number of rotatable bonds is 8. The number of para-hydroxylation sites is 2. The van der Waals surface area contributed by atoms with Crippen molar-refractivity contribution in [3.63, 3.8) is 0 Å². The SMILES string of the molecule is Nc1ccccc1NC(=O)CCCCOc1ccc(-c2cc(=S)ss2)cc1. The van der Waals surface area contributed by atoms with Gasteiger partial charge in [-0.15, -0.1) is 0 Å². The van der Waals surface area contributed by atoms with Gasteiger partial charge in [0.05, 0.1) is 18.0 Å². The highest BCUT2D eigenvalue weighted by Gasteiger charge is 2.05. The molecule has 1 aromatic heterocycles. The number of nitrogens with one attached hydrogen (secondary N) is 1. The molecule has 7 heteroatoms. The highest BCUT2D eigenvalue weighted by Crippen LogP contribution is 2.30. The summed E-state index contributed by atoms with van der Waals surface area (Å²) in [7, 11) is 3.30. The van der Waals surface area contributed by atoms with Gasteiger partial charge in [-0.05, 0) is 60.9 Å². The lowest BCUT2D eigenvalue weighted by molar-refractivity contribution is -0.116. The van der Waals surface area contributed by atoms with Gasteiger partial charge in [-0.3, -0.25) is 4.79 Å². The number of hydrogen-bond donors (Lipinski definition) is 2. The van der Waals surface area contributed by atoms with Crippen molar-refractivity contribution in [1.29, 1.82) is 0 Å². The molecule has 0 atom stereocenters. The van der Waals surface area contributed by atoms with E-state index in [1.54, 1.807) is 32.8 Å². The van der Waals surface area contributed by atoms with E-state index in [1.165, 1.54) is 4.88 Å². The Morgan fingerprint density at radius 3 is 2.56 bits per heavy atom. The number of anilines is 2. The van der Waals surface area contributed by atoms with Crippen molar-refractivity contribution in [2.24, 2.45) is 0 Å². The van der Waals surface area contributed by atoms with Crippen LogP contribution in [0.3, 0.4) is 0 Å². The smallest absolute Gasteiger partial charge is 0.224 e. The van der Waals surface area contributed by atoms with Crippen LogP contribution in [0.5, 0.6) is 5.75 Å². The van der Waals surface area contributed by atoms with Crippen molar-refractivity contribution >= 4 is 50.2 Å². The second kappa shape index (κ2) is 9.64. The van der Waals surface area contributed by atoms with E-state index < -0.39 is 0 Å². The number of carbonyl (C=O) groups is 1. The number of nitrogens with two attached hydrogens (primary N) is 1. The first-order valence-corrected chi connectivity index (χ1v) is 11.2. The van der Waals surface area contributed by atoms with E-state index in [1.807, 2.05) is 42.5 Å². The van der Waals surface area contributed by atoms with Gasteiger partial charge in [-0.2, -0.15) is 0 Å². The van der Waals surface area contributed by atoms with Gasteiger partial charge in [0.1, 0.15) is 9.57 Å². The third-order valence-electron chi connectivity index (χ3n) is 3.90. The average molecular weight is 417 g/mol. The number of ether oxygens (including phenoxy) is 1. The Bertz CT molecular complexity index is 948. The van der Waals surface area contributed by atoms with Crippen LogP contribution in [0.15, 0.2) is 54.6 Å². The van der Waals surface area contributed by atoms with Crippen molar-refractivity contribution < 1.29 is 9.53 Å². The van der Waals surface area contributed by atoms with Gasteiger partial charge in [0.25, 0.3) is 0 Å². The second-order valence-corrected chi connectivity index (χ2v) is 8.87. The molecule has 1 heterocycles. The van der Waals surface area contributed by atoms with E-state index in [9.17, 15) is 4.79 Å². The van der Waals surface area contributed by atoms with E-state index in [2.05, 4.69) is 5.32 Å². The summed E-state index contributed by atoms with van der Waals surface area (Å²) in [5.74, 6) is 0.800. The molecule has 140 valence electrons. The minimum absolute atomic E-state index is 0.0321. The normalized spacial score (nSPS) is 10.5. The Hall–Kier alpha value is -2.22. The summed E-state index contributed by atoms with van der Waals surface area (Å²) in [5, 5.41) is 2.83. The highest BCUT2D eigenvalue weighted by atomic mass is 32.9. The molecule has 4 nitrogen and oxygen atoms in total. The molecule has 0 unspecified atom stereocenters. The maximum Gasteiger partial charge on any atom is 0.224 e. The average Bonchev–Trinajstić information content (AvgIpc) is 3.10. The van der Waals surface area contributed by atoms with Gasteiger partial charge < -0.3 is 15.8 Å². The van der Waals surface area contributed by atoms with Crippen LogP contribution in [0.25, 0.3) is 10.4 Å². The van der Waals surface area contributed by atoms with Gasteiger partial charge in [0.15, 0.2) is 0 Å². The van der Waals surface area contributed by atoms with Crippen LogP contribution in [-0.4, -0.2) is 12.5 Å². The van der Waals surface area contributed by atoms with Crippen LogP contribution in [0.4, 0.5) is 11.4 Å². The quantitative estimate of drug-likeness (QED) is 0.205. The molecule has 0 bridgehead atoms. The monoisotopic (exact) mass is 416 g/mol. The van der Waals surface area contributed by atoms with E-state index >= 15 is 0 Å². The van der Waals surface area contributed by atoms with Gasteiger partial charge >= 0.3 is 0 Å². The fourth-order valence-corrected chi connectivity index (χ4v) is 4.89. The van der Waals surface area contributed by atoms with Gasteiger partial charge in [-0.25, -0.2) is 0 Å². The summed E-state index contributed by atoms with van der Waals surface area (Å²) in [4.78, 5) is 13.1. The lowest BCUT2D eigenvalue weighted by Crippen LogP contribution is -2.12. The number of hydrogen-bond acceptors (Lipinski definition) is 6. The lowest BCUT2D eigenvalue weighted by Gasteiger charge is -2.08. The maximum atomic E-state index is 12.0. The van der Waals surface area contributed by atoms with Crippen molar-refractivity contribution in [2.45, 2.75) is 19.3 Å². The Balaban J connectivity index is 1.37. The molecule has 0 aliphatic carbocycles. The van der Waals surface area contributed by atoms with Crippen molar-refractivity contribution in [1.82, 2.24) is 0 Å². The molecule has 0 fully saturated rings. The first-order valence-electron chi connectivity index (χ1n) is 8.59. The zero-order chi connectivity index (χ0) is 19.1. The number of carbonyl (C=O) groups excluding carboxylic acids is 1. The molecule has 0 radical (unpaired) electrons. The molecule has 0 saturated carbocycles. The minimum Gasteiger partial charge on any atom is -0.494 e. The molecule has 3 rings (SSSR count). The number of benzene rings is 2. The zero-order valence-electron chi connectivity index (χ0n) is 14.6. The molecule has 2 aromatic carbocycles. The fourth-order valence-electron chi connectivity index (χ4n) is 2.49. The maximum absolute atomic E-state index is 12.0. The first-order chi connectivity index (χ1) is 13.1. The molecule has 1 amide bonds. The summed E-state index contributed by atoms with van der Waals surface area (Å²) in [6.45, 7) is 0.581. The Morgan fingerprint density at radius 1 is 1.07 bits per heavy atom. The molecule has 0 aliphatic rings. The molecule has 27 heavy (non-hydrogen) atoms. The summed E-state index contributed by atoms with van der Waals surface area (Å²) >= 11 is 5.17. The van der Waals surface area contributed by atoms with Crippen LogP contribution >= 0.6 is 32.9 Å². The first kappa shape index (κ1) is 19.5. The fraction of sp³-hybridized carbons (Fsp3) is 0.200. The van der Waals surface area contributed by atoms with Gasteiger partial charge in [0.2, 0.25) is 5.91 Å². The van der Waals surface area contributed by atoms with Gasteiger partial charge in [-0.1, -0.05) is 45.0 Å². The Kier molecular flexibility index (Phi) is 6.98. The molecule has 3 N–H and O–H groups in total. The second-order valence-electron chi connectivity index (χ2n) is 5.96. The third-order valence-corrected chi connectivity index (χ3v) is 6.81. The predicted molar refractivity (Wildman–Crippen MR) is 117 cm³/mol. The van der Waals surface area contributed by atoms with Crippen LogP contribution in [0, 0.1) is 3.82 Å². The molecule has 0 spiro atoms. The summed E-state index contributed by atoms with van der Waals surface area (Å²) in [6, 6.07) is 17.3. The lowest BCUT2D eigenvalue weighted by atomic mass is 10.2. The molecular formula is C20H20N2O2S3. The Morgan fingerprint density at radius 2 is 1.85 bits per heavy atom. The van der Waals surface area contributed by atoms with E-state index in [4.69, 9.17) is 22.7 Å². The number of unbranched alkanes of at least 4 members (excludes halogenated alkanes) is 1. The summed E-state index contributed by atoms with van der Waals surface area (Å²) in [6.07, 6.45) is 2.01. The van der Waals surface area contributed by atoms with Crippen LogP contribution < -0.4 is 15.8 Å². The molecule has 3 aromatic rings. The van der Waals surface area contributed by atoms with Crippen LogP contribution in [-0.2, 0) is 4.79 Å². The van der Waals surface area contributed by atoms with E-state index in [0.29, 0.717) is 24.4 Å². The largest absolute Gasteiger partial charge is 0.494 e. The molecular weight excluding hydrogens is 396 g/mol. The van der Waals surface area contributed by atoms with Crippen LogP contribution in [0.2, 0.25) is 0 Å². The topological polar surface area (TPSA) is 64.3 Å². The standard InChI is InChI=1S/C20H20N2O2S3/c21-16-5-1-2-6-17(16)22-19(23)7-3-4-12-24-15-10-8-14(9-11-15)18-13-20(25)27-26-18/h1-2,5-6,8-11,13H,3-4,7,12,21H2,(H,22,23). The summed E-state index contributed by atoms with van der Waals surface area (Å²) in [5.41, 5.74) is 8.20. The molecule has 0 saturated heterocycles. The van der Waals surface area contributed by atoms with E-state index in [0.717, 1.165) is 28.0 Å². The number of amides is 1. The third kappa shape index (κ3) is 5.89.